The molecule has 1 aliphatic rings. The smallest absolute Gasteiger partial charge is 0.256 e. The lowest BCUT2D eigenvalue weighted by atomic mass is 10.1. The van der Waals surface area contributed by atoms with E-state index >= 15 is 0 Å². The third kappa shape index (κ3) is 4.77. The third-order valence-corrected chi connectivity index (χ3v) is 6.48. The molecule has 4 aromatic rings. The molecular weight excluding hydrogens is 454 g/mol. The van der Waals surface area contributed by atoms with Gasteiger partial charge in [-0.25, -0.2) is 0 Å². The molecule has 3 aromatic carbocycles. The Balaban J connectivity index is 1.48. The van der Waals surface area contributed by atoms with Gasteiger partial charge in [0.1, 0.15) is 6.54 Å². The Labute approximate surface area is 209 Å². The predicted molar refractivity (Wildman–Crippen MR) is 142 cm³/mol. The maximum atomic E-state index is 13.6. The first kappa shape index (κ1) is 23.5. The van der Waals surface area contributed by atoms with Crippen LogP contribution in [0.1, 0.15) is 29.2 Å². The van der Waals surface area contributed by atoms with Crippen molar-refractivity contribution < 1.29 is 14.3 Å². The number of carbonyl (C=O) groups is 1. The molecule has 0 spiro atoms. The molecule has 2 N–H and O–H groups in total. The number of pyridine rings is 1. The standard InChI is InChI=1S/C29H29N3O4/c1-4-20-7-9-23(10-8-20)30-15-22-12-21-13-26-27(36-17-35-26)14-25(21)32(29(22)34)16-28(33)31-24-11-18(2)5-6-19(24)3/h5-14,30H,4,15-17H2,1-3H3,(H,31,33). The SMILES string of the molecule is CCc1ccc(NCc2cc3cc4c(cc3n(CC(=O)Nc3cc(C)ccc3C)c2=O)OCO4)cc1. The number of benzene rings is 3. The van der Waals surface area contributed by atoms with Crippen molar-refractivity contribution in [2.75, 3.05) is 17.4 Å². The van der Waals surface area contributed by atoms with Gasteiger partial charge in [-0.3, -0.25) is 14.2 Å². The van der Waals surface area contributed by atoms with Crippen LogP contribution in [0.25, 0.3) is 10.9 Å². The molecular formula is C29H29N3O4. The molecule has 0 saturated heterocycles. The second kappa shape index (κ2) is 9.77. The molecule has 7 heteroatoms. The van der Waals surface area contributed by atoms with Crippen LogP contribution in [0.2, 0.25) is 0 Å². The van der Waals surface area contributed by atoms with Gasteiger partial charge in [-0.2, -0.15) is 0 Å². The number of hydrogen-bond acceptors (Lipinski definition) is 5. The number of anilines is 2. The highest BCUT2D eigenvalue weighted by Gasteiger charge is 2.19. The summed E-state index contributed by atoms with van der Waals surface area (Å²) in [5.74, 6) is 0.916. The number of fused-ring (bicyclic) bond motifs is 2. The Bertz CT molecular complexity index is 1510. The van der Waals surface area contributed by atoms with Gasteiger partial charge in [-0.05, 0) is 67.3 Å². The van der Waals surface area contributed by atoms with E-state index in [1.807, 2.05) is 56.3 Å². The van der Waals surface area contributed by atoms with Gasteiger partial charge in [-0.15, -0.1) is 0 Å². The summed E-state index contributed by atoms with van der Waals surface area (Å²) in [6, 6.07) is 19.5. The van der Waals surface area contributed by atoms with Gasteiger partial charge < -0.3 is 20.1 Å². The van der Waals surface area contributed by atoms with Crippen LogP contribution in [0.3, 0.4) is 0 Å². The lowest BCUT2D eigenvalue weighted by molar-refractivity contribution is -0.116. The number of rotatable bonds is 7. The van der Waals surface area contributed by atoms with E-state index < -0.39 is 0 Å². The van der Waals surface area contributed by atoms with E-state index in [1.54, 1.807) is 6.07 Å². The summed E-state index contributed by atoms with van der Waals surface area (Å²) in [5, 5.41) is 7.10. The fourth-order valence-electron chi connectivity index (χ4n) is 4.37. The lowest BCUT2D eigenvalue weighted by Gasteiger charge is -2.15. The maximum Gasteiger partial charge on any atom is 0.256 e. The van der Waals surface area contributed by atoms with Gasteiger partial charge in [0.05, 0.1) is 5.52 Å². The first-order valence-electron chi connectivity index (χ1n) is 12.1. The quantitative estimate of drug-likeness (QED) is 0.380. The average Bonchev–Trinajstić information content (AvgIpc) is 3.33. The molecule has 0 unspecified atom stereocenters. The number of aryl methyl sites for hydroxylation is 3. The van der Waals surface area contributed by atoms with E-state index in [2.05, 4.69) is 29.7 Å². The number of ether oxygens (including phenoxy) is 2. The van der Waals surface area contributed by atoms with Crippen LogP contribution in [0.5, 0.6) is 11.5 Å². The van der Waals surface area contributed by atoms with Crippen molar-refractivity contribution in [3.63, 3.8) is 0 Å². The van der Waals surface area contributed by atoms with Crippen molar-refractivity contribution in [1.82, 2.24) is 4.57 Å². The highest BCUT2D eigenvalue weighted by atomic mass is 16.7. The Morgan fingerprint density at radius 3 is 2.47 bits per heavy atom. The van der Waals surface area contributed by atoms with Crippen molar-refractivity contribution in [2.45, 2.75) is 40.3 Å². The van der Waals surface area contributed by atoms with Gasteiger partial charge in [0.15, 0.2) is 11.5 Å². The Morgan fingerprint density at radius 1 is 0.972 bits per heavy atom. The molecule has 0 saturated carbocycles. The van der Waals surface area contributed by atoms with Gasteiger partial charge >= 0.3 is 0 Å². The van der Waals surface area contributed by atoms with Crippen molar-refractivity contribution in [3.05, 3.63) is 93.3 Å². The van der Waals surface area contributed by atoms with Crippen LogP contribution in [0.15, 0.2) is 65.5 Å². The predicted octanol–water partition coefficient (Wildman–Crippen LogP) is 5.16. The number of amides is 1. The molecule has 7 nitrogen and oxygen atoms in total. The van der Waals surface area contributed by atoms with Crippen molar-refractivity contribution in [1.29, 1.82) is 0 Å². The van der Waals surface area contributed by atoms with Crippen LogP contribution in [-0.2, 0) is 24.3 Å². The van der Waals surface area contributed by atoms with Crippen LogP contribution in [-0.4, -0.2) is 17.3 Å². The molecule has 0 atom stereocenters. The second-order valence-electron chi connectivity index (χ2n) is 9.10. The van der Waals surface area contributed by atoms with Gasteiger partial charge in [-0.1, -0.05) is 31.2 Å². The van der Waals surface area contributed by atoms with Crippen molar-refractivity contribution >= 4 is 28.2 Å². The zero-order chi connectivity index (χ0) is 25.2. The molecule has 1 aromatic heterocycles. The molecule has 0 fully saturated rings. The number of nitrogens with zero attached hydrogens (tertiary/aromatic N) is 1. The van der Waals surface area contributed by atoms with Crippen molar-refractivity contribution in [3.8, 4) is 11.5 Å². The molecule has 1 aliphatic heterocycles. The molecule has 184 valence electrons. The summed E-state index contributed by atoms with van der Waals surface area (Å²) in [4.78, 5) is 26.7. The normalized spacial score (nSPS) is 12.1. The molecule has 5 rings (SSSR count). The summed E-state index contributed by atoms with van der Waals surface area (Å²) in [5.41, 5.74) is 5.87. The highest BCUT2D eigenvalue weighted by molar-refractivity contribution is 5.93. The minimum atomic E-state index is -0.273. The van der Waals surface area contributed by atoms with E-state index in [1.165, 1.54) is 10.1 Å². The third-order valence-electron chi connectivity index (χ3n) is 6.48. The molecule has 1 amide bonds. The van der Waals surface area contributed by atoms with Crippen LogP contribution in [0.4, 0.5) is 11.4 Å². The van der Waals surface area contributed by atoms with Gasteiger partial charge in [0.25, 0.3) is 5.56 Å². The topological polar surface area (TPSA) is 81.6 Å². The number of aromatic nitrogens is 1. The summed E-state index contributed by atoms with van der Waals surface area (Å²) in [6.07, 6.45) is 0.968. The zero-order valence-corrected chi connectivity index (χ0v) is 20.7. The molecule has 0 bridgehead atoms. The second-order valence-corrected chi connectivity index (χ2v) is 9.10. The molecule has 0 aliphatic carbocycles. The maximum absolute atomic E-state index is 13.6. The molecule has 0 radical (unpaired) electrons. The van der Waals surface area contributed by atoms with Crippen molar-refractivity contribution in [2.24, 2.45) is 0 Å². The van der Waals surface area contributed by atoms with E-state index in [0.717, 1.165) is 34.3 Å². The van der Waals surface area contributed by atoms with E-state index in [4.69, 9.17) is 9.47 Å². The summed E-state index contributed by atoms with van der Waals surface area (Å²) >= 11 is 0. The zero-order valence-electron chi connectivity index (χ0n) is 20.7. The Morgan fingerprint density at radius 2 is 1.72 bits per heavy atom. The fraction of sp³-hybridized carbons (Fsp3) is 0.241. The van der Waals surface area contributed by atoms with E-state index in [0.29, 0.717) is 29.1 Å². The van der Waals surface area contributed by atoms with Gasteiger partial charge in [0, 0.05) is 34.9 Å². The minimum Gasteiger partial charge on any atom is -0.454 e. The largest absolute Gasteiger partial charge is 0.454 e. The summed E-state index contributed by atoms with van der Waals surface area (Å²) in [7, 11) is 0. The first-order chi connectivity index (χ1) is 17.4. The average molecular weight is 484 g/mol. The fourth-order valence-corrected chi connectivity index (χ4v) is 4.37. The number of nitrogens with one attached hydrogen (secondary N) is 2. The van der Waals surface area contributed by atoms with Crippen LogP contribution in [0, 0.1) is 13.8 Å². The van der Waals surface area contributed by atoms with Crippen LogP contribution < -0.4 is 25.7 Å². The minimum absolute atomic E-state index is 0.124. The molecule has 36 heavy (non-hydrogen) atoms. The monoisotopic (exact) mass is 483 g/mol. The lowest BCUT2D eigenvalue weighted by Crippen LogP contribution is -2.30. The highest BCUT2D eigenvalue weighted by Crippen LogP contribution is 2.36. The van der Waals surface area contributed by atoms with Gasteiger partial charge in [0.2, 0.25) is 12.7 Å². The Kier molecular flexibility index (Phi) is 6.38. The molecule has 2 heterocycles. The first-order valence-corrected chi connectivity index (χ1v) is 12.1. The summed E-state index contributed by atoms with van der Waals surface area (Å²) in [6.45, 7) is 6.36. The summed E-state index contributed by atoms with van der Waals surface area (Å²) < 4.78 is 12.6. The number of carbonyl (C=O) groups excluding carboxylic acids is 1. The Hall–Kier alpha value is -4.26. The number of hydrogen-bond donors (Lipinski definition) is 2. The van der Waals surface area contributed by atoms with Crippen LogP contribution >= 0.6 is 0 Å². The van der Waals surface area contributed by atoms with E-state index in [9.17, 15) is 9.59 Å². The van der Waals surface area contributed by atoms with E-state index in [-0.39, 0.29) is 24.8 Å².